The molecule has 3 nitrogen and oxygen atoms in total. The number of aromatic nitrogens is 1. The Labute approximate surface area is 112 Å². The molecule has 1 aromatic carbocycles. The highest BCUT2D eigenvalue weighted by Gasteiger charge is 2.09. The van der Waals surface area contributed by atoms with Crippen molar-refractivity contribution in [2.75, 3.05) is 5.32 Å². The van der Waals surface area contributed by atoms with Crippen LogP contribution < -0.4 is 11.1 Å². The zero-order valence-electron chi connectivity index (χ0n) is 10.4. The first-order valence-electron chi connectivity index (χ1n) is 5.66. The topological polar surface area (TPSA) is 50.9 Å². The number of hydrogen-bond donors (Lipinski definition) is 2. The van der Waals surface area contributed by atoms with Gasteiger partial charge in [0.05, 0.1) is 17.6 Å². The van der Waals surface area contributed by atoms with Crippen LogP contribution in [-0.2, 0) is 0 Å². The van der Waals surface area contributed by atoms with Crippen LogP contribution in [0.1, 0.15) is 16.7 Å². The maximum absolute atomic E-state index is 5.75. The maximum atomic E-state index is 5.75. The third kappa shape index (κ3) is 2.49. The van der Waals surface area contributed by atoms with Crippen molar-refractivity contribution in [2.45, 2.75) is 13.8 Å². The molecule has 1 aromatic heterocycles. The van der Waals surface area contributed by atoms with Crippen LogP contribution in [0, 0.1) is 13.8 Å². The summed E-state index contributed by atoms with van der Waals surface area (Å²) in [6.07, 6.45) is 3.57. The quantitative estimate of drug-likeness (QED) is 0.830. The van der Waals surface area contributed by atoms with E-state index in [0.717, 1.165) is 28.1 Å². The number of aryl methyl sites for hydroxylation is 2. The van der Waals surface area contributed by atoms with Crippen LogP contribution in [0.15, 0.2) is 36.7 Å². The first-order chi connectivity index (χ1) is 8.59. The third-order valence-corrected chi connectivity index (χ3v) is 3.06. The third-order valence-electron chi connectivity index (χ3n) is 2.84. The number of nitrogens with one attached hydrogen (secondary N) is 1. The fourth-order valence-corrected chi connectivity index (χ4v) is 1.94. The summed E-state index contributed by atoms with van der Waals surface area (Å²) in [5.74, 6) is 0. The molecule has 0 unspecified atom stereocenters. The van der Waals surface area contributed by atoms with E-state index >= 15 is 0 Å². The molecule has 0 amide bonds. The number of nitrogens with zero attached hydrogens (tertiary/aromatic N) is 1. The second kappa shape index (κ2) is 5.14. The van der Waals surface area contributed by atoms with Crippen LogP contribution in [0.4, 0.5) is 11.4 Å². The molecule has 0 atom stereocenters. The SMILES string of the molecule is Cc1ccncc1Nc1c(C)cccc1C(N)=S. The van der Waals surface area contributed by atoms with Gasteiger partial charge in [0.1, 0.15) is 4.99 Å². The van der Waals surface area contributed by atoms with Gasteiger partial charge in [-0.2, -0.15) is 0 Å². The maximum Gasteiger partial charge on any atom is 0.106 e. The summed E-state index contributed by atoms with van der Waals surface area (Å²) in [6, 6.07) is 7.85. The molecule has 92 valence electrons. The summed E-state index contributed by atoms with van der Waals surface area (Å²) in [4.78, 5) is 4.51. The minimum Gasteiger partial charge on any atom is -0.389 e. The predicted molar refractivity (Wildman–Crippen MR) is 79.3 cm³/mol. The number of anilines is 2. The van der Waals surface area contributed by atoms with E-state index in [1.165, 1.54) is 0 Å². The van der Waals surface area contributed by atoms with Gasteiger partial charge in [0.2, 0.25) is 0 Å². The van der Waals surface area contributed by atoms with Gasteiger partial charge < -0.3 is 11.1 Å². The molecule has 0 fully saturated rings. The lowest BCUT2D eigenvalue weighted by atomic mass is 10.1. The van der Waals surface area contributed by atoms with Gasteiger partial charge in [-0.15, -0.1) is 0 Å². The van der Waals surface area contributed by atoms with E-state index in [-0.39, 0.29) is 0 Å². The van der Waals surface area contributed by atoms with E-state index in [9.17, 15) is 0 Å². The van der Waals surface area contributed by atoms with Crippen molar-refractivity contribution in [3.63, 3.8) is 0 Å². The molecule has 0 radical (unpaired) electrons. The minimum atomic E-state index is 0.391. The number of benzene rings is 1. The van der Waals surface area contributed by atoms with Gasteiger partial charge in [0.15, 0.2) is 0 Å². The molecule has 0 aliphatic carbocycles. The summed E-state index contributed by atoms with van der Waals surface area (Å²) in [5.41, 5.74) is 10.7. The summed E-state index contributed by atoms with van der Waals surface area (Å²) in [7, 11) is 0. The molecular weight excluding hydrogens is 242 g/mol. The Kier molecular flexibility index (Phi) is 3.58. The van der Waals surface area contributed by atoms with E-state index in [0.29, 0.717) is 4.99 Å². The van der Waals surface area contributed by atoms with Crippen molar-refractivity contribution in [2.24, 2.45) is 5.73 Å². The largest absolute Gasteiger partial charge is 0.389 e. The highest BCUT2D eigenvalue weighted by Crippen LogP contribution is 2.26. The lowest BCUT2D eigenvalue weighted by molar-refractivity contribution is 1.27. The summed E-state index contributed by atoms with van der Waals surface area (Å²) in [6.45, 7) is 4.05. The lowest BCUT2D eigenvalue weighted by Crippen LogP contribution is -2.13. The molecule has 1 heterocycles. The van der Waals surface area contributed by atoms with Gasteiger partial charge in [0.25, 0.3) is 0 Å². The normalized spacial score (nSPS) is 10.1. The van der Waals surface area contributed by atoms with Crippen molar-refractivity contribution in [1.29, 1.82) is 0 Å². The van der Waals surface area contributed by atoms with Crippen LogP contribution in [-0.4, -0.2) is 9.97 Å². The molecule has 0 aliphatic rings. The van der Waals surface area contributed by atoms with Crippen molar-refractivity contribution < 1.29 is 0 Å². The smallest absolute Gasteiger partial charge is 0.106 e. The van der Waals surface area contributed by atoms with Crippen LogP contribution >= 0.6 is 12.2 Å². The molecule has 3 N–H and O–H groups in total. The van der Waals surface area contributed by atoms with Crippen molar-refractivity contribution in [3.05, 3.63) is 53.3 Å². The zero-order valence-corrected chi connectivity index (χ0v) is 11.2. The average molecular weight is 257 g/mol. The Balaban J connectivity index is 2.46. The molecule has 4 heteroatoms. The van der Waals surface area contributed by atoms with Gasteiger partial charge in [-0.05, 0) is 37.1 Å². The van der Waals surface area contributed by atoms with Crippen molar-refractivity contribution in [1.82, 2.24) is 4.98 Å². The number of pyridine rings is 1. The Morgan fingerprint density at radius 3 is 2.67 bits per heavy atom. The monoisotopic (exact) mass is 257 g/mol. The van der Waals surface area contributed by atoms with E-state index in [1.807, 2.05) is 38.1 Å². The number of thiocarbonyl (C=S) groups is 1. The first-order valence-corrected chi connectivity index (χ1v) is 6.07. The molecule has 18 heavy (non-hydrogen) atoms. The fraction of sp³-hybridized carbons (Fsp3) is 0.143. The molecule has 0 saturated heterocycles. The number of nitrogens with two attached hydrogens (primary N) is 1. The highest BCUT2D eigenvalue weighted by molar-refractivity contribution is 7.80. The van der Waals surface area contributed by atoms with Gasteiger partial charge in [-0.25, -0.2) is 0 Å². The van der Waals surface area contributed by atoms with E-state index in [4.69, 9.17) is 18.0 Å². The number of para-hydroxylation sites is 1. The van der Waals surface area contributed by atoms with Crippen LogP contribution in [0.3, 0.4) is 0 Å². The van der Waals surface area contributed by atoms with Gasteiger partial charge in [-0.1, -0.05) is 24.4 Å². The van der Waals surface area contributed by atoms with E-state index < -0.39 is 0 Å². The molecule has 2 rings (SSSR count). The minimum absolute atomic E-state index is 0.391. The summed E-state index contributed by atoms with van der Waals surface area (Å²) < 4.78 is 0. The van der Waals surface area contributed by atoms with Gasteiger partial charge in [-0.3, -0.25) is 4.98 Å². The van der Waals surface area contributed by atoms with E-state index in [1.54, 1.807) is 12.4 Å². The van der Waals surface area contributed by atoms with Gasteiger partial charge >= 0.3 is 0 Å². The van der Waals surface area contributed by atoms with Crippen molar-refractivity contribution in [3.8, 4) is 0 Å². The molecule has 2 aromatic rings. The second-order valence-corrected chi connectivity index (χ2v) is 4.62. The van der Waals surface area contributed by atoms with Crippen LogP contribution in [0.5, 0.6) is 0 Å². The lowest BCUT2D eigenvalue weighted by Gasteiger charge is -2.15. The molecule has 0 spiro atoms. The second-order valence-electron chi connectivity index (χ2n) is 4.18. The molecule has 0 bridgehead atoms. The summed E-state index contributed by atoms with van der Waals surface area (Å²) in [5, 5.41) is 3.36. The Morgan fingerprint density at radius 2 is 2.00 bits per heavy atom. The molecule has 0 aliphatic heterocycles. The number of rotatable bonds is 3. The highest BCUT2D eigenvalue weighted by atomic mass is 32.1. The Hall–Kier alpha value is -1.94. The molecule has 0 saturated carbocycles. The van der Waals surface area contributed by atoms with E-state index in [2.05, 4.69) is 10.3 Å². The fourth-order valence-electron chi connectivity index (χ4n) is 1.77. The standard InChI is InChI=1S/C14H15N3S/c1-9-6-7-16-8-12(9)17-13-10(2)4-3-5-11(13)14(15)18/h3-8,17H,1-2H3,(H2,15,18). The van der Waals surface area contributed by atoms with Crippen LogP contribution in [0.2, 0.25) is 0 Å². The predicted octanol–water partition coefficient (Wildman–Crippen LogP) is 3.08. The Morgan fingerprint density at radius 1 is 1.22 bits per heavy atom. The Bertz CT molecular complexity index is 593. The average Bonchev–Trinajstić information content (AvgIpc) is 2.34. The van der Waals surface area contributed by atoms with Crippen molar-refractivity contribution >= 4 is 28.6 Å². The van der Waals surface area contributed by atoms with Crippen LogP contribution in [0.25, 0.3) is 0 Å². The first kappa shape index (κ1) is 12.5. The van der Waals surface area contributed by atoms with Gasteiger partial charge in [0, 0.05) is 11.8 Å². The summed E-state index contributed by atoms with van der Waals surface area (Å²) >= 11 is 5.08. The molecular formula is C14H15N3S. The zero-order chi connectivity index (χ0) is 13.1. The number of hydrogen-bond acceptors (Lipinski definition) is 3.